The molecule has 6 aromatic rings. The molecule has 8 rings (SSSR count). The molecule has 56 heavy (non-hydrogen) atoms. The number of rotatable bonds is 8. The fourth-order valence-electron chi connectivity index (χ4n) is 6.22. The van der Waals surface area contributed by atoms with Crippen molar-refractivity contribution in [3.63, 3.8) is 0 Å². The van der Waals surface area contributed by atoms with Crippen LogP contribution in [0.1, 0.15) is 44.3 Å². The molecule has 0 unspecified atom stereocenters. The first-order chi connectivity index (χ1) is 27.1. The van der Waals surface area contributed by atoms with E-state index in [1.165, 1.54) is 21.7 Å². The van der Waals surface area contributed by atoms with Crippen LogP contribution < -0.4 is 10.6 Å². The number of aliphatic hydroxyl groups is 2. The molecule has 2 aromatic carbocycles. The van der Waals surface area contributed by atoms with E-state index in [9.17, 15) is 28.6 Å². The van der Waals surface area contributed by atoms with Crippen molar-refractivity contribution in [2.45, 2.75) is 42.5 Å². The Morgan fingerprint density at radius 1 is 0.839 bits per heavy atom. The summed E-state index contributed by atoms with van der Waals surface area (Å²) in [5, 5.41) is 37.2. The molecule has 6 heterocycles. The predicted molar refractivity (Wildman–Crippen MR) is 204 cm³/mol. The second-order valence-corrected chi connectivity index (χ2v) is 13.2. The first kappa shape index (κ1) is 38.2. The molecule has 4 N–H and O–H groups in total. The van der Waals surface area contributed by atoms with Gasteiger partial charge in [0.1, 0.15) is 47.8 Å². The smallest absolute Gasteiger partial charge is 0.256 e. The third-order valence-corrected chi connectivity index (χ3v) is 10.2. The van der Waals surface area contributed by atoms with Crippen LogP contribution in [0.5, 0.6) is 0 Å². The maximum absolute atomic E-state index is 14.9. The van der Waals surface area contributed by atoms with Gasteiger partial charge in [0.15, 0.2) is 35.8 Å². The number of benzene rings is 2. The zero-order valence-corrected chi connectivity index (χ0v) is 31.0. The molecule has 20 heteroatoms. The SMILES string of the molecule is C=C1O[C@@H](c2ccc3c(NC(=O)c4ccccc4)ncnn23)[C@H](F)[C@@H]1O.[N-]=[N+]=N[C@]1(CI)O[C@@H](c2ccc3c(NC(=O)c4ccccc4)ncnn23)[C@H](F)[C@@H]1O. The Hall–Kier alpha value is -6.06. The second-order valence-electron chi connectivity index (χ2n) is 12.5. The Balaban J connectivity index is 0.000000173. The van der Waals surface area contributed by atoms with Crippen LogP contribution in [-0.4, -0.2) is 85.9 Å². The standard InChI is InChI=1S/C18H15FIN7O3.C18H15FN4O3/c19-13-14(30-18(8-20,15(13)28)25-26-21)11-6-7-12-16(22-9-23-27(11)12)24-17(29)10-4-2-1-3-5-10;1-10-15(24)14(19)16(26-10)12-7-8-13-17(20-9-21-23(12)13)22-18(25)11-5-3-2-4-6-11/h1-7,9,13-15,28H,8H2,(H,22,23,24,29);2-9,14-16,24H,1H2,(H,20,21,22,25)/t13-,14-,15-,18+;14-,15-,16+/m01/s1. The average molecular weight is 878 g/mol. The minimum Gasteiger partial charge on any atom is -0.483 e. The van der Waals surface area contributed by atoms with Crippen molar-refractivity contribution in [2.24, 2.45) is 5.11 Å². The zero-order chi connectivity index (χ0) is 39.6. The molecule has 0 saturated carbocycles. The van der Waals surface area contributed by atoms with Gasteiger partial charge in [0, 0.05) is 20.5 Å². The van der Waals surface area contributed by atoms with E-state index in [-0.39, 0.29) is 39.3 Å². The summed E-state index contributed by atoms with van der Waals surface area (Å²) in [4.78, 5) is 35.7. The maximum Gasteiger partial charge on any atom is 0.256 e. The van der Waals surface area contributed by atoms with Gasteiger partial charge in [-0.25, -0.2) is 27.8 Å². The molecule has 0 aliphatic carbocycles. The number of nitrogens with one attached hydrogen (secondary N) is 2. The fourth-order valence-corrected chi connectivity index (χ4v) is 7.01. The molecule has 2 aliphatic rings. The lowest BCUT2D eigenvalue weighted by Gasteiger charge is -2.23. The first-order valence-corrected chi connectivity index (χ1v) is 18.3. The van der Waals surface area contributed by atoms with Gasteiger partial charge in [-0.05, 0) is 54.1 Å². The number of azide groups is 1. The molecule has 286 valence electrons. The zero-order valence-electron chi connectivity index (χ0n) is 28.8. The summed E-state index contributed by atoms with van der Waals surface area (Å²) in [6.45, 7) is 3.51. The first-order valence-electron chi connectivity index (χ1n) is 16.7. The van der Waals surface area contributed by atoms with Crippen molar-refractivity contribution < 1.29 is 38.1 Å². The lowest BCUT2D eigenvalue weighted by atomic mass is 10.0. The number of carbonyl (C=O) groups excluding carboxylic acids is 2. The highest BCUT2D eigenvalue weighted by molar-refractivity contribution is 14.1. The Bertz CT molecular complexity index is 2470. The second kappa shape index (κ2) is 16.0. The van der Waals surface area contributed by atoms with E-state index in [1.54, 1.807) is 78.9 Å². The van der Waals surface area contributed by atoms with Crippen LogP contribution in [0.25, 0.3) is 21.5 Å². The van der Waals surface area contributed by atoms with Gasteiger partial charge >= 0.3 is 0 Å². The summed E-state index contributed by atoms with van der Waals surface area (Å²) in [7, 11) is 0. The molecule has 0 spiro atoms. The number of carbonyl (C=O) groups is 2. The predicted octanol–water partition coefficient (Wildman–Crippen LogP) is 5.46. The molecule has 2 amide bonds. The third-order valence-electron chi connectivity index (χ3n) is 9.07. The van der Waals surface area contributed by atoms with Crippen LogP contribution in [-0.2, 0) is 9.47 Å². The lowest BCUT2D eigenvalue weighted by Crippen LogP contribution is -2.41. The minimum absolute atomic E-state index is 0.0240. The molecule has 0 radical (unpaired) electrons. The average Bonchev–Trinajstić information content (AvgIpc) is 3.98. The van der Waals surface area contributed by atoms with Gasteiger partial charge in [-0.3, -0.25) is 9.59 Å². The number of aliphatic hydroxyl groups excluding tert-OH is 2. The summed E-state index contributed by atoms with van der Waals surface area (Å²) in [6.07, 6.45) is -6.31. The maximum atomic E-state index is 14.9. The van der Waals surface area contributed by atoms with Gasteiger partial charge in [0.05, 0.1) is 11.4 Å². The summed E-state index contributed by atoms with van der Waals surface area (Å²) in [5.41, 5.74) is 9.59. The van der Waals surface area contributed by atoms with Gasteiger partial charge in [-0.15, -0.1) is 0 Å². The van der Waals surface area contributed by atoms with Crippen LogP contribution in [0.4, 0.5) is 20.4 Å². The number of nitrogens with zero attached hydrogens (tertiary/aromatic N) is 9. The molecular formula is C36H30F2IN11O6. The van der Waals surface area contributed by atoms with E-state index in [0.29, 0.717) is 27.9 Å². The quantitative estimate of drug-likeness (QED) is 0.0497. The van der Waals surface area contributed by atoms with Crippen molar-refractivity contribution in [1.29, 1.82) is 0 Å². The van der Waals surface area contributed by atoms with Crippen LogP contribution in [0, 0.1) is 0 Å². The van der Waals surface area contributed by atoms with Gasteiger partial charge < -0.3 is 30.3 Å². The van der Waals surface area contributed by atoms with Gasteiger partial charge in [0.25, 0.3) is 11.8 Å². The Morgan fingerprint density at radius 2 is 1.34 bits per heavy atom. The molecule has 0 bridgehead atoms. The normalized spacial score (nSPS) is 24.2. The number of hydrogen-bond acceptors (Lipinski definition) is 11. The largest absolute Gasteiger partial charge is 0.483 e. The van der Waals surface area contributed by atoms with Crippen molar-refractivity contribution in [3.05, 3.63) is 143 Å². The number of anilines is 2. The number of alkyl halides is 3. The highest BCUT2D eigenvalue weighted by atomic mass is 127. The highest BCUT2D eigenvalue weighted by Crippen LogP contribution is 2.44. The van der Waals surface area contributed by atoms with E-state index in [4.69, 9.17) is 15.0 Å². The Morgan fingerprint density at radius 3 is 1.79 bits per heavy atom. The monoisotopic (exact) mass is 877 g/mol. The number of aromatic nitrogens is 6. The van der Waals surface area contributed by atoms with Crippen LogP contribution in [0.3, 0.4) is 0 Å². The fraction of sp³-hybridized carbons (Fsp3) is 0.222. The van der Waals surface area contributed by atoms with E-state index in [1.807, 2.05) is 28.7 Å². The van der Waals surface area contributed by atoms with Gasteiger partial charge in [0.2, 0.25) is 0 Å². The van der Waals surface area contributed by atoms with Crippen molar-refractivity contribution >= 4 is 57.1 Å². The molecule has 17 nitrogen and oxygen atoms in total. The number of fused-ring (bicyclic) bond motifs is 2. The summed E-state index contributed by atoms with van der Waals surface area (Å²) < 4.78 is 43.1. The van der Waals surface area contributed by atoms with Crippen LogP contribution >= 0.6 is 22.6 Å². The van der Waals surface area contributed by atoms with Gasteiger partial charge in [-0.2, -0.15) is 10.2 Å². The number of hydrogen-bond donors (Lipinski definition) is 4. The molecule has 2 aliphatic heterocycles. The summed E-state index contributed by atoms with van der Waals surface area (Å²) >= 11 is 1.86. The van der Waals surface area contributed by atoms with Crippen molar-refractivity contribution in [1.82, 2.24) is 29.2 Å². The molecule has 4 aromatic heterocycles. The van der Waals surface area contributed by atoms with E-state index in [0.717, 1.165) is 0 Å². The molecule has 2 fully saturated rings. The van der Waals surface area contributed by atoms with E-state index < -0.39 is 42.5 Å². The molecule has 2 saturated heterocycles. The highest BCUT2D eigenvalue weighted by Gasteiger charge is 2.55. The van der Waals surface area contributed by atoms with Crippen molar-refractivity contribution in [3.8, 4) is 0 Å². The third kappa shape index (κ3) is 7.10. The van der Waals surface area contributed by atoms with E-state index in [2.05, 4.69) is 47.4 Å². The van der Waals surface area contributed by atoms with Crippen LogP contribution in [0.15, 0.2) is 115 Å². The number of halogens is 3. The topological polar surface area (TPSA) is 226 Å². The Kier molecular flexibility index (Phi) is 10.9. The van der Waals surface area contributed by atoms with Crippen molar-refractivity contribution in [2.75, 3.05) is 15.1 Å². The van der Waals surface area contributed by atoms with Crippen LogP contribution in [0.2, 0.25) is 0 Å². The van der Waals surface area contributed by atoms with Gasteiger partial charge in [-0.1, -0.05) is 70.7 Å². The summed E-state index contributed by atoms with van der Waals surface area (Å²) in [6, 6.07) is 23.8. The lowest BCUT2D eigenvalue weighted by molar-refractivity contribution is -0.0612. The minimum atomic E-state index is -1.85. The number of amides is 2. The van der Waals surface area contributed by atoms with E-state index >= 15 is 0 Å². The number of ether oxygens (including phenoxy) is 2. The molecular weight excluding hydrogens is 847 g/mol. The summed E-state index contributed by atoms with van der Waals surface area (Å²) in [5.74, 6) is -0.188. The molecule has 7 atom stereocenters. The Labute approximate surface area is 328 Å².